The normalized spacial score (nSPS) is 11.6. The molecule has 2 rings (SSSR count). The third-order valence-electron chi connectivity index (χ3n) is 3.07. The maximum atomic E-state index is 12.4. The highest BCUT2D eigenvalue weighted by Gasteiger charge is 2.18. The van der Waals surface area contributed by atoms with Crippen molar-refractivity contribution in [3.63, 3.8) is 0 Å². The van der Waals surface area contributed by atoms with Gasteiger partial charge < -0.3 is 9.88 Å². The third-order valence-corrected chi connectivity index (χ3v) is 5.09. The van der Waals surface area contributed by atoms with E-state index in [9.17, 15) is 8.42 Å². The van der Waals surface area contributed by atoms with Gasteiger partial charge in [-0.2, -0.15) is 0 Å². The molecule has 0 atom stereocenters. The molecule has 7 heteroatoms. The molecule has 0 fully saturated rings. The van der Waals surface area contributed by atoms with Crippen LogP contribution in [0.5, 0.6) is 0 Å². The Morgan fingerprint density at radius 2 is 2.00 bits per heavy atom. The largest absolute Gasteiger partial charge is 0.352 e. The molecule has 0 amide bonds. The van der Waals surface area contributed by atoms with Crippen molar-refractivity contribution in [3.05, 3.63) is 46.7 Å². The van der Waals surface area contributed by atoms with Gasteiger partial charge in [0, 0.05) is 30.0 Å². The number of rotatable bonds is 6. The van der Waals surface area contributed by atoms with Gasteiger partial charge in [0.05, 0.1) is 5.69 Å². The van der Waals surface area contributed by atoms with Gasteiger partial charge in [0.25, 0.3) is 10.0 Å². The van der Waals surface area contributed by atoms with Crippen molar-refractivity contribution in [1.29, 1.82) is 0 Å². The quantitative estimate of drug-likeness (QED) is 0.820. The van der Waals surface area contributed by atoms with Crippen LogP contribution >= 0.6 is 15.9 Å². The number of aryl methyl sites for hydroxylation is 1. The molecule has 114 valence electrons. The molecule has 1 aromatic heterocycles. The number of benzene rings is 1. The monoisotopic (exact) mass is 371 g/mol. The number of aromatic nitrogens is 1. The second-order valence-electron chi connectivity index (χ2n) is 4.64. The van der Waals surface area contributed by atoms with E-state index in [2.05, 4.69) is 26.0 Å². The van der Waals surface area contributed by atoms with E-state index in [1.165, 1.54) is 0 Å². The Morgan fingerprint density at radius 1 is 1.29 bits per heavy atom. The predicted octanol–water partition coefficient (Wildman–Crippen LogP) is 2.70. The minimum Gasteiger partial charge on any atom is -0.352 e. The molecule has 21 heavy (non-hydrogen) atoms. The van der Waals surface area contributed by atoms with Crippen molar-refractivity contribution in [3.8, 4) is 0 Å². The van der Waals surface area contributed by atoms with Crippen LogP contribution in [0.3, 0.4) is 0 Å². The lowest BCUT2D eigenvalue weighted by Gasteiger charge is -2.07. The fraction of sp³-hybridized carbons (Fsp3) is 0.286. The summed E-state index contributed by atoms with van der Waals surface area (Å²) in [5.41, 5.74) is 1.44. The van der Waals surface area contributed by atoms with Crippen LogP contribution in [-0.4, -0.2) is 19.5 Å². The Labute approximate surface area is 133 Å². The zero-order valence-electron chi connectivity index (χ0n) is 11.9. The van der Waals surface area contributed by atoms with Gasteiger partial charge in [-0.15, -0.1) is 0 Å². The van der Waals surface area contributed by atoms with Crippen molar-refractivity contribution >= 4 is 31.6 Å². The molecule has 1 aromatic carbocycles. The Morgan fingerprint density at radius 3 is 2.67 bits per heavy atom. The minimum absolute atomic E-state index is 0.258. The summed E-state index contributed by atoms with van der Waals surface area (Å²) in [5, 5.41) is 3.19. The van der Waals surface area contributed by atoms with Crippen LogP contribution in [0.2, 0.25) is 0 Å². The first-order valence-corrected chi connectivity index (χ1v) is 8.85. The summed E-state index contributed by atoms with van der Waals surface area (Å²) >= 11 is 3.33. The van der Waals surface area contributed by atoms with E-state index < -0.39 is 10.0 Å². The number of hydrogen-bond acceptors (Lipinski definition) is 3. The van der Waals surface area contributed by atoms with E-state index in [0.29, 0.717) is 16.7 Å². The summed E-state index contributed by atoms with van der Waals surface area (Å²) < 4.78 is 30.0. The van der Waals surface area contributed by atoms with Gasteiger partial charge >= 0.3 is 0 Å². The molecule has 2 N–H and O–H groups in total. The van der Waals surface area contributed by atoms with E-state index in [1.54, 1.807) is 30.5 Å². The van der Waals surface area contributed by atoms with E-state index in [-0.39, 0.29) is 4.90 Å². The van der Waals surface area contributed by atoms with Crippen LogP contribution in [0, 0.1) is 0 Å². The predicted molar refractivity (Wildman–Crippen MR) is 87.7 cm³/mol. The van der Waals surface area contributed by atoms with Crippen LogP contribution in [0.4, 0.5) is 5.69 Å². The average molecular weight is 372 g/mol. The summed E-state index contributed by atoms with van der Waals surface area (Å²) in [6.45, 7) is 3.48. The second kappa shape index (κ2) is 6.64. The van der Waals surface area contributed by atoms with Gasteiger partial charge in [-0.25, -0.2) is 8.42 Å². The minimum atomic E-state index is -3.59. The summed E-state index contributed by atoms with van der Waals surface area (Å²) in [7, 11) is -1.75. The Hall–Kier alpha value is -1.31. The zero-order chi connectivity index (χ0) is 15.5. The van der Waals surface area contributed by atoms with Crippen molar-refractivity contribution in [1.82, 2.24) is 9.88 Å². The van der Waals surface area contributed by atoms with Crippen molar-refractivity contribution < 1.29 is 8.42 Å². The van der Waals surface area contributed by atoms with Crippen LogP contribution < -0.4 is 10.0 Å². The molecule has 0 saturated carbocycles. The molecule has 0 aliphatic carbocycles. The topological polar surface area (TPSA) is 63.1 Å². The van der Waals surface area contributed by atoms with Crippen LogP contribution in [0.1, 0.15) is 12.6 Å². The molecule has 0 spiro atoms. The maximum Gasteiger partial charge on any atom is 0.263 e. The number of nitrogens with one attached hydrogen (secondary N) is 2. The van der Waals surface area contributed by atoms with Gasteiger partial charge in [0.2, 0.25) is 0 Å². The van der Waals surface area contributed by atoms with Crippen LogP contribution in [-0.2, 0) is 23.6 Å². The lowest BCUT2D eigenvalue weighted by Crippen LogP contribution is -2.14. The van der Waals surface area contributed by atoms with Crippen molar-refractivity contribution in [2.45, 2.75) is 18.4 Å². The Bertz CT molecular complexity index is 726. The lowest BCUT2D eigenvalue weighted by molar-refractivity contribution is 0.601. The first-order valence-electron chi connectivity index (χ1n) is 6.57. The molecule has 2 aromatic rings. The average Bonchev–Trinajstić information content (AvgIpc) is 2.81. The number of anilines is 1. The highest BCUT2D eigenvalue weighted by Crippen LogP contribution is 2.25. The summed E-state index contributed by atoms with van der Waals surface area (Å²) in [6.07, 6.45) is 1.62. The number of nitrogens with zero attached hydrogens (tertiary/aromatic N) is 1. The molecular formula is C14H18BrN3O2S. The number of halogens is 1. The van der Waals surface area contributed by atoms with Gasteiger partial charge in [0.1, 0.15) is 4.90 Å². The third kappa shape index (κ3) is 3.87. The smallest absolute Gasteiger partial charge is 0.263 e. The molecule has 5 nitrogen and oxygen atoms in total. The summed E-state index contributed by atoms with van der Waals surface area (Å²) in [6, 6.07) is 8.80. The first-order chi connectivity index (χ1) is 9.94. The Balaban J connectivity index is 2.26. The first kappa shape index (κ1) is 16.1. The molecule has 0 aliphatic heterocycles. The number of para-hydroxylation sites is 1. The van der Waals surface area contributed by atoms with E-state index >= 15 is 0 Å². The fourth-order valence-corrected chi connectivity index (χ4v) is 3.59. The molecule has 0 aliphatic rings. The van der Waals surface area contributed by atoms with Gasteiger partial charge in [-0.1, -0.05) is 19.1 Å². The zero-order valence-corrected chi connectivity index (χ0v) is 14.3. The summed E-state index contributed by atoms with van der Waals surface area (Å²) in [4.78, 5) is 0.258. The highest BCUT2D eigenvalue weighted by atomic mass is 79.9. The van der Waals surface area contributed by atoms with Crippen LogP contribution in [0.15, 0.2) is 45.9 Å². The second-order valence-corrected chi connectivity index (χ2v) is 7.18. The highest BCUT2D eigenvalue weighted by molar-refractivity contribution is 9.10. The van der Waals surface area contributed by atoms with Gasteiger partial charge in [-0.05, 0) is 40.7 Å². The van der Waals surface area contributed by atoms with E-state index in [4.69, 9.17) is 0 Å². The molecule has 0 saturated heterocycles. The molecule has 0 radical (unpaired) electrons. The molecule has 1 heterocycles. The fourth-order valence-electron chi connectivity index (χ4n) is 1.90. The van der Waals surface area contributed by atoms with Gasteiger partial charge in [-0.3, -0.25) is 4.72 Å². The number of sulfonamides is 1. The maximum absolute atomic E-state index is 12.4. The van der Waals surface area contributed by atoms with Crippen molar-refractivity contribution in [2.75, 3.05) is 11.3 Å². The SMILES string of the molecule is CCNCc1cc(S(=O)(=O)Nc2ccccc2Br)cn1C. The molecule has 0 unspecified atom stereocenters. The molecular weight excluding hydrogens is 354 g/mol. The molecule has 0 bridgehead atoms. The Kier molecular flexibility index (Phi) is 5.08. The van der Waals surface area contributed by atoms with E-state index in [1.807, 2.05) is 24.6 Å². The number of hydrogen-bond donors (Lipinski definition) is 2. The van der Waals surface area contributed by atoms with Crippen molar-refractivity contribution in [2.24, 2.45) is 7.05 Å². The standard InChI is InChI=1S/C14H18BrN3O2S/c1-3-16-9-11-8-12(10-18(11)2)21(19,20)17-14-7-5-4-6-13(14)15/h4-8,10,16-17H,3,9H2,1-2H3. The lowest BCUT2D eigenvalue weighted by atomic mass is 10.3. The summed E-state index contributed by atoms with van der Waals surface area (Å²) in [5.74, 6) is 0. The van der Waals surface area contributed by atoms with Gasteiger partial charge in [0.15, 0.2) is 0 Å². The van der Waals surface area contributed by atoms with Crippen LogP contribution in [0.25, 0.3) is 0 Å². The van der Waals surface area contributed by atoms with E-state index in [0.717, 1.165) is 12.2 Å².